The SMILES string of the molecule is CCCCCCCCC(CCCCCCCC)CC(=O)CCCCCCC(CCCCCCC(=O)CC1CCC2(C)C(=CC=C3C2CCC2(C)C3CCC2C(C)C=C=CC(C)C(C)C)C1)NCCN(C)C. The van der Waals surface area contributed by atoms with Crippen molar-refractivity contribution in [2.24, 2.45) is 58.2 Å². The van der Waals surface area contributed by atoms with Crippen LogP contribution in [0.15, 0.2) is 41.2 Å². The van der Waals surface area contributed by atoms with Gasteiger partial charge in [0.05, 0.1) is 0 Å². The van der Waals surface area contributed by atoms with Crippen molar-refractivity contribution >= 4 is 11.6 Å². The van der Waals surface area contributed by atoms with E-state index in [4.69, 9.17) is 0 Å². The minimum absolute atomic E-state index is 0.285. The summed E-state index contributed by atoms with van der Waals surface area (Å²) in [5, 5.41) is 3.90. The Balaban J connectivity index is 1.12. The average molecular weight is 984 g/mol. The van der Waals surface area contributed by atoms with Gasteiger partial charge in [0.1, 0.15) is 11.6 Å². The first-order valence-corrected chi connectivity index (χ1v) is 31.5. The van der Waals surface area contributed by atoms with Gasteiger partial charge < -0.3 is 10.2 Å². The van der Waals surface area contributed by atoms with E-state index in [0.29, 0.717) is 58.5 Å². The second-order valence-electron chi connectivity index (χ2n) is 26.0. The van der Waals surface area contributed by atoms with Crippen LogP contribution in [-0.2, 0) is 9.59 Å². The zero-order chi connectivity index (χ0) is 51.5. The predicted molar refractivity (Wildman–Crippen MR) is 309 cm³/mol. The van der Waals surface area contributed by atoms with Crippen molar-refractivity contribution in [3.63, 3.8) is 0 Å². The maximum Gasteiger partial charge on any atom is 0.133 e. The molecule has 0 saturated heterocycles. The molecule has 0 aromatic carbocycles. The van der Waals surface area contributed by atoms with E-state index < -0.39 is 0 Å². The average Bonchev–Trinajstić information content (AvgIpc) is 3.70. The zero-order valence-electron chi connectivity index (χ0n) is 48.9. The van der Waals surface area contributed by atoms with Crippen molar-refractivity contribution in [2.45, 2.75) is 286 Å². The number of nitrogens with one attached hydrogen (secondary N) is 1. The van der Waals surface area contributed by atoms with Crippen LogP contribution in [0.5, 0.6) is 0 Å². The molecule has 3 fully saturated rings. The van der Waals surface area contributed by atoms with Gasteiger partial charge in [-0.25, -0.2) is 0 Å². The van der Waals surface area contributed by atoms with E-state index in [-0.39, 0.29) is 5.41 Å². The summed E-state index contributed by atoms with van der Waals surface area (Å²) in [6, 6.07) is 0.574. The lowest BCUT2D eigenvalue weighted by Gasteiger charge is -2.55. The number of nitrogens with zero attached hydrogens (tertiary/aromatic N) is 1. The quantitative estimate of drug-likeness (QED) is 0.0491. The second kappa shape index (κ2) is 34.0. The number of Topliss-reactive ketones (excluding diaryl/α,β-unsaturated/α-hetero) is 2. The van der Waals surface area contributed by atoms with Gasteiger partial charge in [-0.3, -0.25) is 9.59 Å². The second-order valence-corrected chi connectivity index (χ2v) is 26.0. The topological polar surface area (TPSA) is 49.4 Å². The van der Waals surface area contributed by atoms with Crippen molar-refractivity contribution in [1.29, 1.82) is 0 Å². The van der Waals surface area contributed by atoms with Crippen LogP contribution in [0.2, 0.25) is 0 Å². The number of allylic oxidation sites excluding steroid dienone is 5. The summed E-state index contributed by atoms with van der Waals surface area (Å²) in [6.45, 7) is 21.3. The maximum absolute atomic E-state index is 13.4. The van der Waals surface area contributed by atoms with E-state index in [2.05, 4.69) is 110 Å². The highest BCUT2D eigenvalue weighted by atomic mass is 16.1. The van der Waals surface area contributed by atoms with Gasteiger partial charge in [0.15, 0.2) is 0 Å². The summed E-state index contributed by atoms with van der Waals surface area (Å²) in [5.41, 5.74) is 7.75. The molecule has 4 heteroatoms. The summed E-state index contributed by atoms with van der Waals surface area (Å²) in [7, 11) is 4.33. The van der Waals surface area contributed by atoms with E-state index in [0.717, 1.165) is 69.9 Å². The van der Waals surface area contributed by atoms with E-state index in [1.165, 1.54) is 180 Å². The Labute approximate surface area is 442 Å². The Morgan fingerprint density at radius 3 is 1.86 bits per heavy atom. The molecular formula is C67H118N2O2. The molecule has 0 aliphatic heterocycles. The Morgan fingerprint density at radius 1 is 0.676 bits per heavy atom. The third-order valence-corrected chi connectivity index (χ3v) is 19.6. The molecule has 4 nitrogen and oxygen atoms in total. The predicted octanol–water partition coefficient (Wildman–Crippen LogP) is 19.0. The number of hydrogen-bond donors (Lipinski definition) is 1. The molecule has 4 aliphatic carbocycles. The first kappa shape index (κ1) is 61.8. The fourth-order valence-electron chi connectivity index (χ4n) is 14.4. The van der Waals surface area contributed by atoms with Gasteiger partial charge in [-0.1, -0.05) is 207 Å². The van der Waals surface area contributed by atoms with Crippen molar-refractivity contribution < 1.29 is 9.59 Å². The van der Waals surface area contributed by atoms with Gasteiger partial charge >= 0.3 is 0 Å². The maximum atomic E-state index is 13.4. The number of fused-ring (bicyclic) bond motifs is 5. The molecule has 9 unspecified atom stereocenters. The summed E-state index contributed by atoms with van der Waals surface area (Å²) < 4.78 is 0. The summed E-state index contributed by atoms with van der Waals surface area (Å²) in [6.07, 6.45) is 52.7. The van der Waals surface area contributed by atoms with Crippen LogP contribution >= 0.6 is 0 Å². The number of unbranched alkanes of at least 4 members (excludes halogenated alkanes) is 16. The first-order valence-electron chi connectivity index (χ1n) is 31.5. The van der Waals surface area contributed by atoms with Crippen LogP contribution in [0.3, 0.4) is 0 Å². The zero-order valence-corrected chi connectivity index (χ0v) is 48.9. The lowest BCUT2D eigenvalue weighted by atomic mass is 9.49. The molecule has 9 atom stereocenters. The van der Waals surface area contributed by atoms with Crippen LogP contribution in [-0.4, -0.2) is 49.7 Å². The van der Waals surface area contributed by atoms with Crippen LogP contribution in [0.25, 0.3) is 0 Å². The van der Waals surface area contributed by atoms with Crippen molar-refractivity contribution in [3.8, 4) is 0 Å². The Kier molecular flexibility index (Phi) is 29.6. The van der Waals surface area contributed by atoms with Crippen LogP contribution in [0, 0.1) is 58.2 Å². The molecular weight excluding hydrogens is 865 g/mol. The lowest BCUT2D eigenvalue weighted by molar-refractivity contribution is -0.121. The Hall–Kier alpha value is -1.74. The van der Waals surface area contributed by atoms with Gasteiger partial charge in [0.2, 0.25) is 0 Å². The summed E-state index contributed by atoms with van der Waals surface area (Å²) >= 11 is 0. The monoisotopic (exact) mass is 983 g/mol. The molecule has 0 aromatic rings. The third kappa shape index (κ3) is 21.4. The number of hydrogen-bond acceptors (Lipinski definition) is 4. The standard InChI is InChI=1S/C67H118N2O2/c1-11-13-15-17-19-25-34-56(35-26-20-18-16-14-12-2)51-60(70)38-29-23-21-27-36-59(68-48-49-69(9)10)37-28-22-24-30-39-61(71)52-57-44-46-66(7)58(50-57)40-41-62-64-43-42-63(67(64,8)47-45-65(62)66)55(6)33-31-32-54(5)53(3)4/h32-33,40-41,53-57,59,63-65,68H,11-30,34-39,42-52H2,1-10H3. The summed E-state index contributed by atoms with van der Waals surface area (Å²) in [5.74, 6) is 6.18. The highest BCUT2D eigenvalue weighted by molar-refractivity contribution is 5.79. The number of ketones is 2. The Bertz CT molecular complexity index is 1600. The lowest BCUT2D eigenvalue weighted by Crippen LogP contribution is -2.46. The molecule has 0 aromatic heterocycles. The van der Waals surface area contributed by atoms with E-state index >= 15 is 0 Å². The molecule has 3 saturated carbocycles. The molecule has 0 radical (unpaired) electrons. The van der Waals surface area contributed by atoms with E-state index in [1.54, 1.807) is 11.1 Å². The molecule has 0 spiro atoms. The molecule has 408 valence electrons. The van der Waals surface area contributed by atoms with Crippen molar-refractivity contribution in [1.82, 2.24) is 10.2 Å². The molecule has 4 rings (SSSR count). The smallest absolute Gasteiger partial charge is 0.133 e. The van der Waals surface area contributed by atoms with Gasteiger partial charge in [-0.05, 0) is 155 Å². The molecule has 1 N–H and O–H groups in total. The highest BCUT2D eigenvalue weighted by Gasteiger charge is 2.57. The largest absolute Gasteiger partial charge is 0.313 e. The fourth-order valence-corrected chi connectivity index (χ4v) is 14.4. The Morgan fingerprint density at radius 2 is 1.25 bits per heavy atom. The van der Waals surface area contributed by atoms with Crippen molar-refractivity contribution in [3.05, 3.63) is 41.2 Å². The highest BCUT2D eigenvalue weighted by Crippen LogP contribution is 2.66. The first-order chi connectivity index (χ1) is 34.2. The van der Waals surface area contributed by atoms with E-state index in [1.807, 2.05) is 0 Å². The normalized spacial score (nSPS) is 25.3. The molecule has 0 heterocycles. The van der Waals surface area contributed by atoms with Gasteiger partial charge in [0, 0.05) is 44.8 Å². The number of carbonyl (C=O) groups is 2. The van der Waals surface area contributed by atoms with Crippen LogP contribution < -0.4 is 5.32 Å². The number of carbonyl (C=O) groups excluding carboxylic acids is 2. The van der Waals surface area contributed by atoms with Gasteiger partial charge in [0.25, 0.3) is 0 Å². The number of likely N-dealkylation sites (N-methyl/N-ethyl adjacent to an activating group) is 1. The van der Waals surface area contributed by atoms with Gasteiger partial charge in [-0.2, -0.15) is 0 Å². The fraction of sp³-hybridized carbons (Fsp3) is 0.866. The number of rotatable bonds is 40. The van der Waals surface area contributed by atoms with Crippen LogP contribution in [0.4, 0.5) is 0 Å². The molecule has 0 bridgehead atoms. The molecule has 0 amide bonds. The molecule has 71 heavy (non-hydrogen) atoms. The summed E-state index contributed by atoms with van der Waals surface area (Å²) in [4.78, 5) is 28.9. The van der Waals surface area contributed by atoms with Crippen LogP contribution in [0.1, 0.15) is 280 Å². The molecule has 4 aliphatic rings. The van der Waals surface area contributed by atoms with E-state index in [9.17, 15) is 9.59 Å². The third-order valence-electron chi connectivity index (χ3n) is 19.6. The minimum atomic E-state index is 0.285. The van der Waals surface area contributed by atoms with Gasteiger partial charge in [-0.15, -0.1) is 5.73 Å². The van der Waals surface area contributed by atoms with Crippen molar-refractivity contribution in [2.75, 3.05) is 27.2 Å². The minimum Gasteiger partial charge on any atom is -0.313 e.